The quantitative estimate of drug-likeness (QED) is 0.505. The lowest BCUT2D eigenvalue weighted by atomic mass is 10.3. The third kappa shape index (κ3) is 1.02. The van der Waals surface area contributed by atoms with Gasteiger partial charge in [0.1, 0.15) is 12.1 Å². The van der Waals surface area contributed by atoms with Crippen molar-refractivity contribution in [1.29, 1.82) is 0 Å². The maximum Gasteiger partial charge on any atom is 0.135 e. The maximum atomic E-state index is 10.2. The van der Waals surface area contributed by atoms with Gasteiger partial charge < -0.3 is 15.6 Å². The molecule has 5 nitrogen and oxygen atoms in total. The van der Waals surface area contributed by atoms with Crippen LogP contribution in [0.2, 0.25) is 0 Å². The Hall–Kier alpha value is -1.65. The smallest absolute Gasteiger partial charge is 0.135 e. The van der Waals surface area contributed by atoms with E-state index < -0.39 is 5.97 Å². The molecule has 0 bridgehead atoms. The van der Waals surface area contributed by atoms with Crippen molar-refractivity contribution in [3.05, 3.63) is 18.1 Å². The monoisotopic (exact) mass is 138 g/mol. The maximum absolute atomic E-state index is 10.2. The molecule has 1 aromatic heterocycles. The Morgan fingerprint density at radius 2 is 2.40 bits per heavy atom. The van der Waals surface area contributed by atoms with Crippen LogP contribution in [0, 0.1) is 0 Å². The highest BCUT2D eigenvalue weighted by molar-refractivity contribution is 5.90. The summed E-state index contributed by atoms with van der Waals surface area (Å²) in [4.78, 5) is 17.1. The van der Waals surface area contributed by atoms with Crippen LogP contribution in [0.5, 0.6) is 0 Å². The van der Waals surface area contributed by atoms with Crippen LogP contribution < -0.4 is 10.8 Å². The van der Waals surface area contributed by atoms with E-state index in [-0.39, 0.29) is 11.4 Å². The average Bonchev–Trinajstić information content (AvgIpc) is 1.88. The van der Waals surface area contributed by atoms with Crippen LogP contribution in [0.1, 0.15) is 10.4 Å². The van der Waals surface area contributed by atoms with Gasteiger partial charge in [0.05, 0.1) is 11.5 Å². The van der Waals surface area contributed by atoms with Gasteiger partial charge in [0.2, 0.25) is 0 Å². The Kier molecular flexibility index (Phi) is 1.49. The second-order valence-corrected chi connectivity index (χ2v) is 1.61. The number of nitrogens with zero attached hydrogens (tertiary/aromatic N) is 2. The molecule has 0 aliphatic carbocycles. The molecule has 0 unspecified atom stereocenters. The topological polar surface area (TPSA) is 91.9 Å². The first kappa shape index (κ1) is 6.47. The lowest BCUT2D eigenvalue weighted by molar-refractivity contribution is -0.254. The van der Waals surface area contributed by atoms with Crippen LogP contribution in [0.15, 0.2) is 12.5 Å². The zero-order valence-electron chi connectivity index (χ0n) is 4.94. The fourth-order valence-corrected chi connectivity index (χ4v) is 0.496. The van der Waals surface area contributed by atoms with Crippen LogP contribution in [0.3, 0.4) is 0 Å². The summed E-state index contributed by atoms with van der Waals surface area (Å²) in [5.74, 6) is -1.44. The molecule has 0 amide bonds. The zero-order valence-corrected chi connectivity index (χ0v) is 4.94. The SMILES string of the molecule is Nc1ncncc1C(=O)[O-]. The minimum Gasteiger partial charge on any atom is -0.545 e. The van der Waals surface area contributed by atoms with E-state index in [0.717, 1.165) is 6.20 Å². The lowest BCUT2D eigenvalue weighted by Gasteiger charge is -2.01. The second kappa shape index (κ2) is 2.30. The summed E-state index contributed by atoms with van der Waals surface area (Å²) in [6.45, 7) is 0. The van der Waals surface area contributed by atoms with Crippen LogP contribution >= 0.6 is 0 Å². The molecule has 0 atom stereocenters. The lowest BCUT2D eigenvalue weighted by Crippen LogP contribution is -2.24. The molecule has 0 fully saturated rings. The molecule has 0 aliphatic rings. The first-order chi connectivity index (χ1) is 4.72. The number of nitrogens with two attached hydrogens (primary N) is 1. The molecule has 5 heteroatoms. The Balaban J connectivity index is 3.15. The third-order valence-corrected chi connectivity index (χ3v) is 0.963. The van der Waals surface area contributed by atoms with Crippen molar-refractivity contribution in [2.24, 2.45) is 0 Å². The van der Waals surface area contributed by atoms with E-state index in [1.807, 2.05) is 0 Å². The van der Waals surface area contributed by atoms with Gasteiger partial charge in [-0.1, -0.05) is 0 Å². The molecule has 0 saturated heterocycles. The first-order valence-corrected chi connectivity index (χ1v) is 2.48. The van der Waals surface area contributed by atoms with Crippen LogP contribution in [0.25, 0.3) is 0 Å². The number of aromatic nitrogens is 2. The van der Waals surface area contributed by atoms with Crippen molar-refractivity contribution < 1.29 is 9.90 Å². The number of carboxylic acid groups (broad SMARTS) is 1. The van der Waals surface area contributed by atoms with E-state index in [2.05, 4.69) is 9.97 Å². The van der Waals surface area contributed by atoms with Gasteiger partial charge >= 0.3 is 0 Å². The number of carboxylic acids is 1. The molecule has 1 rings (SSSR count). The van der Waals surface area contributed by atoms with Gasteiger partial charge in [0.25, 0.3) is 0 Å². The number of aromatic carboxylic acids is 1. The number of hydrogen-bond acceptors (Lipinski definition) is 5. The van der Waals surface area contributed by atoms with Gasteiger partial charge in [0, 0.05) is 6.20 Å². The van der Waals surface area contributed by atoms with Crippen LogP contribution in [-0.4, -0.2) is 15.9 Å². The van der Waals surface area contributed by atoms with Crippen molar-refractivity contribution in [1.82, 2.24) is 9.97 Å². The summed E-state index contributed by atoms with van der Waals surface area (Å²) in [6.07, 6.45) is 2.26. The van der Waals surface area contributed by atoms with E-state index in [0.29, 0.717) is 0 Å². The van der Waals surface area contributed by atoms with Gasteiger partial charge in [0.15, 0.2) is 0 Å². The normalized spacial score (nSPS) is 9.20. The molecule has 0 aromatic carbocycles. The minimum atomic E-state index is -1.36. The molecule has 0 radical (unpaired) electrons. The van der Waals surface area contributed by atoms with Gasteiger partial charge in [-0.3, -0.25) is 0 Å². The fraction of sp³-hybridized carbons (Fsp3) is 0. The predicted molar refractivity (Wildman–Crippen MR) is 30.8 cm³/mol. The number of anilines is 1. The van der Waals surface area contributed by atoms with Crippen molar-refractivity contribution in [2.75, 3.05) is 5.73 Å². The molecule has 0 aliphatic heterocycles. The molecule has 2 N–H and O–H groups in total. The Bertz CT molecular complexity index is 261. The Morgan fingerprint density at radius 3 is 2.80 bits per heavy atom. The third-order valence-electron chi connectivity index (χ3n) is 0.963. The second-order valence-electron chi connectivity index (χ2n) is 1.61. The molecular formula is C5H4N3O2-. The summed E-state index contributed by atoms with van der Waals surface area (Å²) in [6, 6.07) is 0. The minimum absolute atomic E-state index is 0.0741. The summed E-state index contributed by atoms with van der Waals surface area (Å²) < 4.78 is 0. The van der Waals surface area contributed by atoms with Crippen molar-refractivity contribution in [3.63, 3.8) is 0 Å². The Morgan fingerprint density at radius 1 is 1.70 bits per heavy atom. The van der Waals surface area contributed by atoms with Gasteiger partial charge in [-0.05, 0) is 0 Å². The molecule has 0 saturated carbocycles. The van der Waals surface area contributed by atoms with E-state index in [1.54, 1.807) is 0 Å². The summed E-state index contributed by atoms with van der Waals surface area (Å²) >= 11 is 0. The standard InChI is InChI=1S/C5H5N3O2/c6-4-3(5(9)10)1-7-2-8-4/h1-2H,(H,9,10)(H2,6,7,8)/p-1. The number of carbonyl (C=O) groups excluding carboxylic acids is 1. The number of hydrogen-bond donors (Lipinski definition) is 1. The summed E-state index contributed by atoms with van der Waals surface area (Å²) in [7, 11) is 0. The van der Waals surface area contributed by atoms with Gasteiger partial charge in [-0.15, -0.1) is 0 Å². The highest BCUT2D eigenvalue weighted by Crippen LogP contribution is 2.01. The molecule has 10 heavy (non-hydrogen) atoms. The molecular weight excluding hydrogens is 134 g/mol. The van der Waals surface area contributed by atoms with E-state index >= 15 is 0 Å². The predicted octanol–water partition coefficient (Wildman–Crippen LogP) is -1.58. The molecule has 0 spiro atoms. The van der Waals surface area contributed by atoms with Crippen molar-refractivity contribution in [2.45, 2.75) is 0 Å². The van der Waals surface area contributed by atoms with Gasteiger partial charge in [-0.2, -0.15) is 0 Å². The van der Waals surface area contributed by atoms with Gasteiger partial charge in [-0.25, -0.2) is 9.97 Å². The number of rotatable bonds is 1. The van der Waals surface area contributed by atoms with Crippen molar-refractivity contribution >= 4 is 11.8 Å². The van der Waals surface area contributed by atoms with Crippen LogP contribution in [0.4, 0.5) is 5.82 Å². The number of carbonyl (C=O) groups is 1. The highest BCUT2D eigenvalue weighted by Gasteiger charge is 1.97. The largest absolute Gasteiger partial charge is 0.545 e. The number of nitrogen functional groups attached to an aromatic ring is 1. The zero-order chi connectivity index (χ0) is 7.56. The average molecular weight is 138 g/mol. The van der Waals surface area contributed by atoms with E-state index in [4.69, 9.17) is 5.73 Å². The summed E-state index contributed by atoms with van der Waals surface area (Å²) in [5, 5.41) is 10.2. The molecule has 1 aromatic rings. The highest BCUT2D eigenvalue weighted by atomic mass is 16.4. The fourth-order valence-electron chi connectivity index (χ4n) is 0.496. The first-order valence-electron chi connectivity index (χ1n) is 2.48. The Labute approximate surface area is 56.5 Å². The van der Waals surface area contributed by atoms with E-state index in [1.165, 1.54) is 6.33 Å². The molecule has 52 valence electrons. The van der Waals surface area contributed by atoms with E-state index in [9.17, 15) is 9.90 Å². The van der Waals surface area contributed by atoms with Crippen LogP contribution in [-0.2, 0) is 0 Å². The summed E-state index contributed by atoms with van der Waals surface area (Å²) in [5.41, 5.74) is 4.97. The van der Waals surface area contributed by atoms with Crippen molar-refractivity contribution in [3.8, 4) is 0 Å². The molecule has 1 heterocycles.